The van der Waals surface area contributed by atoms with Crippen LogP contribution >= 0.6 is 0 Å². The molecule has 1 aromatic heterocycles. The predicted molar refractivity (Wildman–Crippen MR) is 74.2 cm³/mol. The third-order valence-electron chi connectivity index (χ3n) is 4.01. The van der Waals surface area contributed by atoms with Gasteiger partial charge in [-0.15, -0.1) is 0 Å². The Kier molecular flexibility index (Phi) is 3.01. The Morgan fingerprint density at radius 1 is 1.21 bits per heavy atom. The van der Waals surface area contributed by atoms with Crippen molar-refractivity contribution >= 4 is 5.82 Å². The molecule has 0 unspecified atom stereocenters. The molecular weight excluding hydrogens is 241 g/mol. The highest BCUT2D eigenvalue weighted by Gasteiger charge is 2.24. The minimum atomic E-state index is -0.241. The van der Waals surface area contributed by atoms with Gasteiger partial charge < -0.3 is 10.3 Å². The average molecular weight is 259 g/mol. The summed E-state index contributed by atoms with van der Waals surface area (Å²) in [6, 6.07) is 6.34. The van der Waals surface area contributed by atoms with Crippen LogP contribution in [0, 0.1) is 5.82 Å². The van der Waals surface area contributed by atoms with Gasteiger partial charge in [-0.1, -0.05) is 12.8 Å². The highest BCUT2D eigenvalue weighted by atomic mass is 19.1. The fourth-order valence-electron chi connectivity index (χ4n) is 2.90. The van der Waals surface area contributed by atoms with Gasteiger partial charge in [-0.3, -0.25) is 0 Å². The Labute approximate surface area is 112 Å². The molecule has 3 rings (SSSR count). The number of hydrogen-bond acceptors (Lipinski definition) is 2. The first kappa shape index (κ1) is 12.2. The van der Waals surface area contributed by atoms with E-state index in [2.05, 4.69) is 0 Å². The molecule has 1 aliphatic rings. The second kappa shape index (κ2) is 4.68. The number of anilines is 1. The van der Waals surface area contributed by atoms with Crippen molar-refractivity contribution in [1.29, 1.82) is 0 Å². The first-order chi connectivity index (χ1) is 9.16. The SMILES string of the molecule is Cn1c(C2CCCC2)nc(-c2ccc(F)cc2)c1N. The van der Waals surface area contributed by atoms with Crippen molar-refractivity contribution in [3.63, 3.8) is 0 Å². The minimum absolute atomic E-state index is 0.241. The second-order valence-corrected chi connectivity index (χ2v) is 5.25. The summed E-state index contributed by atoms with van der Waals surface area (Å²) in [4.78, 5) is 4.71. The lowest BCUT2D eigenvalue weighted by molar-refractivity contribution is 0.628. The van der Waals surface area contributed by atoms with Gasteiger partial charge >= 0.3 is 0 Å². The van der Waals surface area contributed by atoms with Crippen LogP contribution in [0.25, 0.3) is 11.3 Å². The molecule has 19 heavy (non-hydrogen) atoms. The topological polar surface area (TPSA) is 43.8 Å². The molecule has 1 aliphatic carbocycles. The highest BCUT2D eigenvalue weighted by molar-refractivity contribution is 5.71. The molecule has 2 N–H and O–H groups in total. The summed E-state index contributed by atoms with van der Waals surface area (Å²) in [5.74, 6) is 2.00. The lowest BCUT2D eigenvalue weighted by Crippen LogP contribution is -2.05. The molecule has 1 heterocycles. The molecule has 1 fully saturated rings. The van der Waals surface area contributed by atoms with Gasteiger partial charge in [0.05, 0.1) is 0 Å². The second-order valence-electron chi connectivity index (χ2n) is 5.25. The fourth-order valence-corrected chi connectivity index (χ4v) is 2.90. The number of nitrogens with zero attached hydrogens (tertiary/aromatic N) is 2. The number of rotatable bonds is 2. The molecule has 1 saturated carbocycles. The maximum Gasteiger partial charge on any atom is 0.131 e. The van der Waals surface area contributed by atoms with E-state index in [9.17, 15) is 4.39 Å². The van der Waals surface area contributed by atoms with Crippen LogP contribution < -0.4 is 5.73 Å². The Bertz CT molecular complexity index is 580. The molecule has 2 aromatic rings. The zero-order valence-corrected chi connectivity index (χ0v) is 11.1. The molecule has 4 heteroatoms. The minimum Gasteiger partial charge on any atom is -0.383 e. The van der Waals surface area contributed by atoms with Crippen LogP contribution in [0.15, 0.2) is 24.3 Å². The number of aromatic nitrogens is 2. The summed E-state index contributed by atoms with van der Waals surface area (Å²) in [5.41, 5.74) is 7.79. The smallest absolute Gasteiger partial charge is 0.131 e. The molecule has 100 valence electrons. The summed E-state index contributed by atoms with van der Waals surface area (Å²) in [5, 5.41) is 0. The van der Waals surface area contributed by atoms with E-state index in [-0.39, 0.29) is 5.82 Å². The molecule has 1 aromatic carbocycles. The molecule has 0 amide bonds. The van der Waals surface area contributed by atoms with E-state index in [4.69, 9.17) is 10.7 Å². The van der Waals surface area contributed by atoms with Crippen molar-refractivity contribution in [3.8, 4) is 11.3 Å². The Balaban J connectivity index is 2.02. The molecular formula is C15H18FN3. The van der Waals surface area contributed by atoms with E-state index in [1.165, 1.54) is 37.8 Å². The van der Waals surface area contributed by atoms with Gasteiger partial charge in [0.2, 0.25) is 0 Å². The lowest BCUT2D eigenvalue weighted by atomic mass is 10.1. The third kappa shape index (κ3) is 2.11. The van der Waals surface area contributed by atoms with E-state index in [0.717, 1.165) is 17.1 Å². The number of benzene rings is 1. The van der Waals surface area contributed by atoms with E-state index >= 15 is 0 Å². The Hall–Kier alpha value is -1.84. The number of nitrogen functional groups attached to an aromatic ring is 1. The highest BCUT2D eigenvalue weighted by Crippen LogP contribution is 2.36. The Morgan fingerprint density at radius 3 is 2.47 bits per heavy atom. The van der Waals surface area contributed by atoms with Crippen LogP contribution in [-0.4, -0.2) is 9.55 Å². The van der Waals surface area contributed by atoms with Gasteiger partial charge in [0.1, 0.15) is 23.2 Å². The summed E-state index contributed by atoms with van der Waals surface area (Å²) in [6.45, 7) is 0. The molecule has 0 spiro atoms. The van der Waals surface area contributed by atoms with Gasteiger partial charge in [0, 0.05) is 18.5 Å². The maximum atomic E-state index is 13.0. The van der Waals surface area contributed by atoms with Gasteiger partial charge in [-0.05, 0) is 37.1 Å². The zero-order chi connectivity index (χ0) is 13.4. The van der Waals surface area contributed by atoms with E-state index in [1.807, 2.05) is 11.6 Å². The van der Waals surface area contributed by atoms with E-state index in [0.29, 0.717) is 11.7 Å². The van der Waals surface area contributed by atoms with Gasteiger partial charge in [-0.2, -0.15) is 0 Å². The van der Waals surface area contributed by atoms with Crippen molar-refractivity contribution in [2.75, 3.05) is 5.73 Å². The van der Waals surface area contributed by atoms with Crippen LogP contribution in [0.4, 0.5) is 10.2 Å². The first-order valence-electron chi connectivity index (χ1n) is 6.75. The third-order valence-corrected chi connectivity index (χ3v) is 4.01. The molecule has 0 radical (unpaired) electrons. The van der Waals surface area contributed by atoms with Gasteiger partial charge in [0.25, 0.3) is 0 Å². The average Bonchev–Trinajstić information content (AvgIpc) is 3.02. The van der Waals surface area contributed by atoms with Crippen LogP contribution in [0.1, 0.15) is 37.4 Å². The number of imidazole rings is 1. The number of hydrogen-bond donors (Lipinski definition) is 1. The van der Waals surface area contributed by atoms with Crippen molar-refractivity contribution in [3.05, 3.63) is 35.9 Å². The van der Waals surface area contributed by atoms with E-state index in [1.54, 1.807) is 12.1 Å². The van der Waals surface area contributed by atoms with Crippen molar-refractivity contribution in [1.82, 2.24) is 9.55 Å². The first-order valence-corrected chi connectivity index (χ1v) is 6.75. The lowest BCUT2D eigenvalue weighted by Gasteiger charge is -2.08. The van der Waals surface area contributed by atoms with E-state index < -0.39 is 0 Å². The van der Waals surface area contributed by atoms with Crippen LogP contribution in [-0.2, 0) is 7.05 Å². The monoisotopic (exact) mass is 259 g/mol. The van der Waals surface area contributed by atoms with Crippen molar-refractivity contribution in [2.45, 2.75) is 31.6 Å². The van der Waals surface area contributed by atoms with Crippen molar-refractivity contribution < 1.29 is 4.39 Å². The van der Waals surface area contributed by atoms with Gasteiger partial charge in [0.15, 0.2) is 0 Å². The molecule has 0 saturated heterocycles. The predicted octanol–water partition coefficient (Wildman–Crippen LogP) is 3.47. The summed E-state index contributed by atoms with van der Waals surface area (Å²) >= 11 is 0. The number of nitrogens with two attached hydrogens (primary N) is 1. The molecule has 0 aliphatic heterocycles. The van der Waals surface area contributed by atoms with Crippen molar-refractivity contribution in [2.24, 2.45) is 7.05 Å². The van der Waals surface area contributed by atoms with Gasteiger partial charge in [-0.25, -0.2) is 9.37 Å². The summed E-state index contributed by atoms with van der Waals surface area (Å²) in [7, 11) is 1.96. The molecule has 0 bridgehead atoms. The fraction of sp³-hybridized carbons (Fsp3) is 0.400. The van der Waals surface area contributed by atoms with Crippen LogP contribution in [0.2, 0.25) is 0 Å². The quantitative estimate of drug-likeness (QED) is 0.897. The number of halogens is 1. The largest absolute Gasteiger partial charge is 0.383 e. The van der Waals surface area contributed by atoms with Crippen LogP contribution in [0.3, 0.4) is 0 Å². The normalized spacial score (nSPS) is 16.1. The molecule has 0 atom stereocenters. The molecule has 3 nitrogen and oxygen atoms in total. The Morgan fingerprint density at radius 2 is 1.84 bits per heavy atom. The maximum absolute atomic E-state index is 13.0. The standard InChI is InChI=1S/C15H18FN3/c1-19-14(17)13(10-6-8-12(16)9-7-10)18-15(19)11-4-2-3-5-11/h6-9,11H,2-5,17H2,1H3. The summed E-state index contributed by atoms with van der Waals surface area (Å²) in [6.07, 6.45) is 4.91. The zero-order valence-electron chi connectivity index (χ0n) is 11.1. The van der Waals surface area contributed by atoms with Crippen LogP contribution in [0.5, 0.6) is 0 Å². The summed E-state index contributed by atoms with van der Waals surface area (Å²) < 4.78 is 15.0.